The molecule has 0 unspecified atom stereocenters. The van der Waals surface area contributed by atoms with E-state index in [-0.39, 0.29) is 0 Å². The third kappa shape index (κ3) is 2.42. The summed E-state index contributed by atoms with van der Waals surface area (Å²) in [7, 11) is 0. The van der Waals surface area contributed by atoms with Crippen LogP contribution in [0.3, 0.4) is 0 Å². The standard InChI is InChI=1S/C23H16N2O/c1-2-7-19(8-3-1)25(20-11-10-17-12-13-26-23(17)14-20)22-16-24-15-18-6-4-5-9-21(18)22/h1-16H. The monoisotopic (exact) mass is 336 g/mol. The number of hydrogen-bond acceptors (Lipinski definition) is 3. The number of rotatable bonds is 3. The van der Waals surface area contributed by atoms with Gasteiger partial charge in [0, 0.05) is 39.8 Å². The van der Waals surface area contributed by atoms with E-state index in [0.29, 0.717) is 0 Å². The fraction of sp³-hybridized carbons (Fsp3) is 0. The third-order valence-corrected chi connectivity index (χ3v) is 4.60. The Morgan fingerprint density at radius 1 is 0.692 bits per heavy atom. The van der Waals surface area contributed by atoms with Crippen molar-refractivity contribution in [3.63, 3.8) is 0 Å². The van der Waals surface area contributed by atoms with Crippen LogP contribution in [-0.4, -0.2) is 4.98 Å². The molecule has 26 heavy (non-hydrogen) atoms. The van der Waals surface area contributed by atoms with Gasteiger partial charge in [-0.2, -0.15) is 0 Å². The molecule has 2 aromatic heterocycles. The van der Waals surface area contributed by atoms with Crippen LogP contribution in [0.25, 0.3) is 21.7 Å². The summed E-state index contributed by atoms with van der Waals surface area (Å²) in [5.41, 5.74) is 4.03. The van der Waals surface area contributed by atoms with Crippen molar-refractivity contribution < 1.29 is 4.42 Å². The number of para-hydroxylation sites is 1. The zero-order valence-electron chi connectivity index (χ0n) is 14.0. The van der Waals surface area contributed by atoms with E-state index < -0.39 is 0 Å². The lowest BCUT2D eigenvalue weighted by atomic mass is 10.1. The zero-order chi connectivity index (χ0) is 17.3. The van der Waals surface area contributed by atoms with Crippen LogP contribution in [0.2, 0.25) is 0 Å². The molecule has 3 nitrogen and oxygen atoms in total. The molecule has 0 aliphatic carbocycles. The molecule has 3 heteroatoms. The van der Waals surface area contributed by atoms with Gasteiger partial charge >= 0.3 is 0 Å². The number of nitrogens with zero attached hydrogens (tertiary/aromatic N) is 2. The minimum absolute atomic E-state index is 0.872. The summed E-state index contributed by atoms with van der Waals surface area (Å²) in [6.45, 7) is 0. The maximum absolute atomic E-state index is 5.63. The number of furan rings is 1. The average molecular weight is 336 g/mol. The summed E-state index contributed by atoms with van der Waals surface area (Å²) < 4.78 is 5.63. The Labute approximate surface area is 151 Å². The van der Waals surface area contributed by atoms with Crippen LogP contribution in [0.1, 0.15) is 0 Å². The lowest BCUT2D eigenvalue weighted by Gasteiger charge is -2.26. The maximum Gasteiger partial charge on any atom is 0.135 e. The van der Waals surface area contributed by atoms with E-state index in [4.69, 9.17) is 4.42 Å². The Balaban J connectivity index is 1.79. The Kier molecular flexibility index (Phi) is 3.42. The van der Waals surface area contributed by atoms with E-state index in [0.717, 1.165) is 38.8 Å². The molecule has 0 saturated heterocycles. The van der Waals surface area contributed by atoms with Crippen molar-refractivity contribution in [2.45, 2.75) is 0 Å². The first-order chi connectivity index (χ1) is 12.9. The Bertz CT molecular complexity index is 1190. The van der Waals surface area contributed by atoms with Crippen LogP contribution in [0, 0.1) is 0 Å². The molecule has 0 N–H and O–H groups in total. The Morgan fingerprint density at radius 2 is 1.54 bits per heavy atom. The maximum atomic E-state index is 5.63. The van der Waals surface area contributed by atoms with Crippen molar-refractivity contribution in [2.75, 3.05) is 4.90 Å². The van der Waals surface area contributed by atoms with Crippen LogP contribution in [0.4, 0.5) is 17.1 Å². The van der Waals surface area contributed by atoms with E-state index in [9.17, 15) is 0 Å². The molecule has 0 amide bonds. The molecule has 0 spiro atoms. The van der Waals surface area contributed by atoms with Crippen LogP contribution >= 0.6 is 0 Å². The second kappa shape index (κ2) is 6.05. The fourth-order valence-electron chi connectivity index (χ4n) is 3.37. The van der Waals surface area contributed by atoms with Gasteiger partial charge in [0.2, 0.25) is 0 Å². The van der Waals surface area contributed by atoms with Crippen molar-refractivity contribution >= 4 is 38.8 Å². The number of hydrogen-bond donors (Lipinski definition) is 0. The molecule has 0 bridgehead atoms. The van der Waals surface area contributed by atoms with Gasteiger partial charge in [-0.05, 0) is 30.3 Å². The number of anilines is 3. The molecular formula is C23H16N2O. The molecule has 0 aliphatic rings. The summed E-state index contributed by atoms with van der Waals surface area (Å²) in [4.78, 5) is 6.69. The van der Waals surface area contributed by atoms with Gasteiger partial charge in [0.25, 0.3) is 0 Å². The minimum atomic E-state index is 0.872. The second-order valence-corrected chi connectivity index (χ2v) is 6.19. The molecule has 5 rings (SSSR count). The predicted octanol–water partition coefficient (Wildman–Crippen LogP) is 6.45. The minimum Gasteiger partial charge on any atom is -0.464 e. The number of pyridine rings is 1. The topological polar surface area (TPSA) is 29.3 Å². The van der Waals surface area contributed by atoms with Crippen molar-refractivity contribution in [1.29, 1.82) is 0 Å². The lowest BCUT2D eigenvalue weighted by molar-refractivity contribution is 0.616. The molecule has 5 aromatic rings. The lowest BCUT2D eigenvalue weighted by Crippen LogP contribution is -2.10. The van der Waals surface area contributed by atoms with Gasteiger partial charge in [-0.1, -0.05) is 42.5 Å². The molecule has 0 atom stereocenters. The largest absolute Gasteiger partial charge is 0.464 e. The molecule has 0 radical (unpaired) electrons. The Hall–Kier alpha value is -3.59. The van der Waals surface area contributed by atoms with Crippen LogP contribution in [0.15, 0.2) is 102 Å². The molecule has 0 aliphatic heterocycles. The highest BCUT2D eigenvalue weighted by molar-refractivity contribution is 5.98. The fourth-order valence-corrected chi connectivity index (χ4v) is 3.37. The van der Waals surface area contributed by atoms with E-state index in [1.807, 2.05) is 42.7 Å². The first kappa shape index (κ1) is 14.7. The molecule has 124 valence electrons. The molecule has 3 aromatic carbocycles. The van der Waals surface area contributed by atoms with Crippen molar-refractivity contribution in [3.8, 4) is 0 Å². The van der Waals surface area contributed by atoms with Gasteiger partial charge in [-0.3, -0.25) is 4.98 Å². The SMILES string of the molecule is c1ccc(N(c2ccc3ccoc3c2)c2cncc3ccccc23)cc1. The van der Waals surface area contributed by atoms with Crippen LogP contribution in [-0.2, 0) is 0 Å². The smallest absolute Gasteiger partial charge is 0.135 e. The van der Waals surface area contributed by atoms with Crippen molar-refractivity contribution in [3.05, 3.63) is 97.5 Å². The zero-order valence-corrected chi connectivity index (χ0v) is 14.0. The highest BCUT2D eigenvalue weighted by atomic mass is 16.3. The van der Waals surface area contributed by atoms with Crippen molar-refractivity contribution in [2.24, 2.45) is 0 Å². The summed E-state index contributed by atoms with van der Waals surface area (Å²) in [6.07, 6.45) is 5.54. The van der Waals surface area contributed by atoms with Crippen LogP contribution < -0.4 is 4.90 Å². The summed E-state index contributed by atoms with van der Waals surface area (Å²) in [6, 6.07) is 26.9. The van der Waals surface area contributed by atoms with E-state index in [2.05, 4.69) is 58.4 Å². The number of fused-ring (bicyclic) bond motifs is 2. The van der Waals surface area contributed by atoms with Gasteiger partial charge in [-0.15, -0.1) is 0 Å². The van der Waals surface area contributed by atoms with E-state index in [1.54, 1.807) is 6.26 Å². The molecular weight excluding hydrogens is 320 g/mol. The van der Waals surface area contributed by atoms with Gasteiger partial charge in [0.05, 0.1) is 18.1 Å². The summed E-state index contributed by atoms with van der Waals surface area (Å²) in [5.74, 6) is 0. The normalized spacial score (nSPS) is 11.1. The van der Waals surface area contributed by atoms with Gasteiger partial charge in [0.15, 0.2) is 0 Å². The second-order valence-electron chi connectivity index (χ2n) is 6.19. The highest BCUT2D eigenvalue weighted by Gasteiger charge is 2.16. The van der Waals surface area contributed by atoms with Gasteiger partial charge in [-0.25, -0.2) is 0 Å². The predicted molar refractivity (Wildman–Crippen MR) is 106 cm³/mol. The number of aromatic nitrogens is 1. The molecule has 2 heterocycles. The quantitative estimate of drug-likeness (QED) is 0.379. The summed E-state index contributed by atoms with van der Waals surface area (Å²) in [5, 5.41) is 3.37. The first-order valence-electron chi connectivity index (χ1n) is 8.55. The average Bonchev–Trinajstić information content (AvgIpc) is 3.17. The van der Waals surface area contributed by atoms with E-state index >= 15 is 0 Å². The number of benzene rings is 3. The van der Waals surface area contributed by atoms with Crippen molar-refractivity contribution in [1.82, 2.24) is 4.98 Å². The first-order valence-corrected chi connectivity index (χ1v) is 8.55. The molecule has 0 fully saturated rings. The van der Waals surface area contributed by atoms with Crippen LogP contribution in [0.5, 0.6) is 0 Å². The summed E-state index contributed by atoms with van der Waals surface area (Å²) >= 11 is 0. The third-order valence-electron chi connectivity index (χ3n) is 4.60. The van der Waals surface area contributed by atoms with Gasteiger partial charge in [0.1, 0.15) is 5.58 Å². The van der Waals surface area contributed by atoms with E-state index in [1.165, 1.54) is 0 Å². The Morgan fingerprint density at radius 3 is 2.46 bits per heavy atom. The molecule has 0 saturated carbocycles. The van der Waals surface area contributed by atoms with Gasteiger partial charge < -0.3 is 9.32 Å². The highest BCUT2D eigenvalue weighted by Crippen LogP contribution is 2.39.